The van der Waals surface area contributed by atoms with E-state index >= 15 is 0 Å². The van der Waals surface area contributed by atoms with Gasteiger partial charge in [-0.2, -0.15) is 0 Å². The van der Waals surface area contributed by atoms with E-state index in [4.69, 9.17) is 9.84 Å². The average molecular weight is 274 g/mol. The van der Waals surface area contributed by atoms with Crippen molar-refractivity contribution in [1.82, 2.24) is 10.2 Å². The van der Waals surface area contributed by atoms with Crippen LogP contribution in [0.1, 0.15) is 34.6 Å². The summed E-state index contributed by atoms with van der Waals surface area (Å²) in [5, 5.41) is 11.5. The molecule has 0 aromatic carbocycles. The monoisotopic (exact) mass is 274 g/mol. The first-order chi connectivity index (χ1) is 8.54. The van der Waals surface area contributed by atoms with E-state index in [1.807, 2.05) is 0 Å². The molecule has 7 heteroatoms. The Kier molecular flexibility index (Phi) is 6.31. The molecule has 19 heavy (non-hydrogen) atoms. The minimum atomic E-state index is -1.23. The first-order valence-electron chi connectivity index (χ1n) is 6.01. The zero-order valence-corrected chi connectivity index (χ0v) is 12.0. The molecule has 0 rings (SSSR count). The van der Waals surface area contributed by atoms with E-state index in [1.54, 1.807) is 20.8 Å². The third-order valence-corrected chi connectivity index (χ3v) is 2.19. The van der Waals surface area contributed by atoms with Crippen LogP contribution in [-0.4, -0.2) is 52.7 Å². The molecule has 0 aliphatic carbocycles. The highest BCUT2D eigenvalue weighted by Crippen LogP contribution is 2.11. The lowest BCUT2D eigenvalue weighted by atomic mass is 10.2. The number of hydrogen-bond donors (Lipinski definition) is 2. The molecule has 7 nitrogen and oxygen atoms in total. The van der Waals surface area contributed by atoms with Crippen molar-refractivity contribution in [2.24, 2.45) is 0 Å². The van der Waals surface area contributed by atoms with Gasteiger partial charge in [-0.05, 0) is 27.7 Å². The second kappa shape index (κ2) is 6.96. The number of amides is 2. The fourth-order valence-electron chi connectivity index (χ4n) is 1.32. The van der Waals surface area contributed by atoms with Crippen molar-refractivity contribution in [1.29, 1.82) is 0 Å². The zero-order chi connectivity index (χ0) is 15.2. The molecule has 0 bridgehead atoms. The Balaban J connectivity index is 4.56. The Morgan fingerprint density at radius 2 is 1.84 bits per heavy atom. The highest BCUT2D eigenvalue weighted by molar-refractivity contribution is 5.80. The lowest BCUT2D eigenvalue weighted by molar-refractivity contribution is -0.160. The summed E-state index contributed by atoms with van der Waals surface area (Å²) in [5.41, 5.74) is -0.673. The number of ether oxygens (including phenoxy) is 1. The van der Waals surface area contributed by atoms with Crippen LogP contribution < -0.4 is 5.32 Å². The lowest BCUT2D eigenvalue weighted by Gasteiger charge is -2.28. The summed E-state index contributed by atoms with van der Waals surface area (Å²) in [7, 11) is 0. The SMILES string of the molecule is CC(=O)NCCN(C(=O)O)C(C)C(=O)OC(C)(C)C. The maximum Gasteiger partial charge on any atom is 0.408 e. The van der Waals surface area contributed by atoms with Crippen LogP contribution in [0.15, 0.2) is 0 Å². The molecule has 0 spiro atoms. The van der Waals surface area contributed by atoms with Crippen molar-refractivity contribution in [2.45, 2.75) is 46.3 Å². The van der Waals surface area contributed by atoms with E-state index in [2.05, 4.69) is 5.32 Å². The molecule has 110 valence electrons. The molecule has 0 saturated carbocycles. The largest absolute Gasteiger partial charge is 0.465 e. The van der Waals surface area contributed by atoms with E-state index in [0.29, 0.717) is 0 Å². The quantitative estimate of drug-likeness (QED) is 0.724. The standard InChI is InChI=1S/C12H22N2O5/c1-8(10(16)19-12(3,4)5)14(11(17)18)7-6-13-9(2)15/h8H,6-7H2,1-5H3,(H,13,15)(H,17,18). The predicted octanol–water partition coefficient (Wildman–Crippen LogP) is 0.833. The molecule has 2 N–H and O–H groups in total. The number of esters is 1. The molecular formula is C12H22N2O5. The Hall–Kier alpha value is -1.79. The average Bonchev–Trinajstić information content (AvgIpc) is 2.20. The molecule has 0 heterocycles. The van der Waals surface area contributed by atoms with Crippen LogP contribution >= 0.6 is 0 Å². The van der Waals surface area contributed by atoms with Crippen LogP contribution in [0.2, 0.25) is 0 Å². The minimum Gasteiger partial charge on any atom is -0.465 e. The van der Waals surface area contributed by atoms with Crippen molar-refractivity contribution in [3.63, 3.8) is 0 Å². The van der Waals surface area contributed by atoms with Gasteiger partial charge in [-0.25, -0.2) is 9.59 Å². The van der Waals surface area contributed by atoms with Gasteiger partial charge in [0.2, 0.25) is 5.91 Å². The third kappa shape index (κ3) is 7.28. The Bertz CT molecular complexity index is 349. The second-order valence-electron chi connectivity index (χ2n) is 5.17. The summed E-state index contributed by atoms with van der Waals surface area (Å²) in [4.78, 5) is 34.5. The summed E-state index contributed by atoms with van der Waals surface area (Å²) in [6, 6.07) is -0.925. The van der Waals surface area contributed by atoms with Crippen molar-refractivity contribution in [3.8, 4) is 0 Å². The van der Waals surface area contributed by atoms with Gasteiger partial charge in [-0.15, -0.1) is 0 Å². The minimum absolute atomic E-state index is 0.0231. The molecule has 1 atom stereocenters. The highest BCUT2D eigenvalue weighted by atomic mass is 16.6. The Morgan fingerprint density at radius 3 is 2.21 bits per heavy atom. The number of nitrogens with one attached hydrogen (secondary N) is 1. The highest BCUT2D eigenvalue weighted by Gasteiger charge is 2.29. The van der Waals surface area contributed by atoms with Crippen LogP contribution in [-0.2, 0) is 14.3 Å². The van der Waals surface area contributed by atoms with Crippen LogP contribution in [0.4, 0.5) is 4.79 Å². The molecule has 0 fully saturated rings. The van der Waals surface area contributed by atoms with Crippen LogP contribution in [0.3, 0.4) is 0 Å². The predicted molar refractivity (Wildman–Crippen MR) is 68.7 cm³/mol. The molecule has 0 aliphatic heterocycles. The van der Waals surface area contributed by atoms with E-state index in [1.165, 1.54) is 13.8 Å². The molecule has 0 aliphatic rings. The molecule has 0 aromatic rings. The molecular weight excluding hydrogens is 252 g/mol. The molecule has 0 saturated heterocycles. The van der Waals surface area contributed by atoms with Crippen molar-refractivity contribution in [3.05, 3.63) is 0 Å². The van der Waals surface area contributed by atoms with Gasteiger partial charge in [0, 0.05) is 20.0 Å². The number of rotatable bonds is 5. The fraction of sp³-hybridized carbons (Fsp3) is 0.750. The van der Waals surface area contributed by atoms with Crippen LogP contribution in [0.5, 0.6) is 0 Å². The number of carbonyl (C=O) groups is 3. The van der Waals surface area contributed by atoms with Gasteiger partial charge >= 0.3 is 12.1 Å². The summed E-state index contributed by atoms with van der Waals surface area (Å²) >= 11 is 0. The first-order valence-corrected chi connectivity index (χ1v) is 6.01. The summed E-state index contributed by atoms with van der Waals surface area (Å²) < 4.78 is 5.13. The summed E-state index contributed by atoms with van der Waals surface area (Å²) in [6.07, 6.45) is -1.23. The second-order valence-corrected chi connectivity index (χ2v) is 5.17. The number of carboxylic acid groups (broad SMARTS) is 1. The van der Waals surface area contributed by atoms with Gasteiger partial charge in [0.05, 0.1) is 0 Å². The van der Waals surface area contributed by atoms with Crippen molar-refractivity contribution >= 4 is 18.0 Å². The van der Waals surface area contributed by atoms with E-state index in [-0.39, 0.29) is 19.0 Å². The van der Waals surface area contributed by atoms with Crippen molar-refractivity contribution in [2.75, 3.05) is 13.1 Å². The smallest absolute Gasteiger partial charge is 0.408 e. The van der Waals surface area contributed by atoms with Gasteiger partial charge in [-0.3, -0.25) is 9.69 Å². The van der Waals surface area contributed by atoms with Gasteiger partial charge in [0.15, 0.2) is 0 Å². The van der Waals surface area contributed by atoms with Crippen LogP contribution in [0.25, 0.3) is 0 Å². The van der Waals surface area contributed by atoms with Gasteiger partial charge < -0.3 is 15.2 Å². The number of nitrogens with zero attached hydrogens (tertiary/aromatic N) is 1. The summed E-state index contributed by atoms with van der Waals surface area (Å²) in [6.45, 7) is 8.09. The normalized spacial score (nSPS) is 12.5. The maximum absolute atomic E-state index is 11.8. The van der Waals surface area contributed by atoms with Gasteiger partial charge in [-0.1, -0.05) is 0 Å². The first kappa shape index (κ1) is 17.2. The Labute approximate surface area is 112 Å². The third-order valence-electron chi connectivity index (χ3n) is 2.19. The molecule has 2 amide bonds. The van der Waals surface area contributed by atoms with Crippen LogP contribution in [0, 0.1) is 0 Å². The van der Waals surface area contributed by atoms with Gasteiger partial charge in [0.1, 0.15) is 11.6 Å². The van der Waals surface area contributed by atoms with E-state index in [9.17, 15) is 14.4 Å². The Morgan fingerprint density at radius 1 is 1.32 bits per heavy atom. The summed E-state index contributed by atoms with van der Waals surface area (Å²) in [5.74, 6) is -0.868. The maximum atomic E-state index is 11.8. The van der Waals surface area contributed by atoms with Crippen molar-refractivity contribution < 1.29 is 24.2 Å². The molecule has 0 aromatic heterocycles. The lowest BCUT2D eigenvalue weighted by Crippen LogP contribution is -2.48. The number of carbonyl (C=O) groups excluding carboxylic acids is 2. The zero-order valence-electron chi connectivity index (χ0n) is 12.0. The van der Waals surface area contributed by atoms with E-state index < -0.39 is 23.7 Å². The number of hydrogen-bond acceptors (Lipinski definition) is 4. The van der Waals surface area contributed by atoms with Gasteiger partial charge in [0.25, 0.3) is 0 Å². The molecule has 1 unspecified atom stereocenters. The topological polar surface area (TPSA) is 95.9 Å². The van der Waals surface area contributed by atoms with E-state index in [0.717, 1.165) is 4.90 Å². The fourth-order valence-corrected chi connectivity index (χ4v) is 1.32. The molecule has 0 radical (unpaired) electrons.